The Bertz CT molecular complexity index is 312. The van der Waals surface area contributed by atoms with Crippen LogP contribution in [-0.4, -0.2) is 11.1 Å². The van der Waals surface area contributed by atoms with Gasteiger partial charge < -0.3 is 5.11 Å². The second kappa shape index (κ2) is 3.92. The van der Waals surface area contributed by atoms with Gasteiger partial charge in [-0.3, -0.25) is 4.79 Å². The Kier molecular flexibility index (Phi) is 3.12. The fourth-order valence-electron chi connectivity index (χ4n) is 0.848. The molecule has 0 spiro atoms. The average Bonchev–Trinajstić information content (AvgIpc) is 1.98. The van der Waals surface area contributed by atoms with Gasteiger partial charge in [0.2, 0.25) is 0 Å². The molecular weight excluding hydrogens is 243 g/mol. The third-order valence-corrected chi connectivity index (χ3v) is 2.71. The van der Waals surface area contributed by atoms with E-state index in [9.17, 15) is 4.79 Å². The number of aliphatic carboxylic acids is 1. The molecule has 0 aliphatic carbocycles. The topological polar surface area (TPSA) is 37.3 Å². The minimum Gasteiger partial charge on any atom is -0.481 e. The highest BCUT2D eigenvalue weighted by atomic mass is 79.9. The summed E-state index contributed by atoms with van der Waals surface area (Å²) in [5, 5.41) is 8.98. The van der Waals surface area contributed by atoms with Crippen LogP contribution in [0.15, 0.2) is 22.7 Å². The van der Waals surface area contributed by atoms with Gasteiger partial charge in [0.25, 0.3) is 0 Å². The maximum Gasteiger partial charge on any atom is 0.307 e. The quantitative estimate of drug-likeness (QED) is 0.875. The first-order valence-electron chi connectivity index (χ1n) is 3.26. The average molecular weight is 249 g/mol. The van der Waals surface area contributed by atoms with Gasteiger partial charge in [0, 0.05) is 4.47 Å². The number of carbonyl (C=O) groups is 1. The summed E-state index contributed by atoms with van der Waals surface area (Å²) in [4.78, 5) is 10.4. The Morgan fingerprint density at radius 1 is 1.58 bits per heavy atom. The molecule has 0 radical (unpaired) electrons. The van der Waals surface area contributed by atoms with Gasteiger partial charge in [0.05, 0.1) is 11.4 Å². The van der Waals surface area contributed by atoms with E-state index in [1.807, 2.05) is 0 Å². The van der Waals surface area contributed by atoms with E-state index >= 15 is 0 Å². The number of hydrogen-bond donors (Lipinski definition) is 1. The second-order valence-corrected chi connectivity index (χ2v) is 3.52. The summed E-state index contributed by atoms with van der Waals surface area (Å²) < 4.78 is 0.725. The summed E-state index contributed by atoms with van der Waals surface area (Å²) in [5.41, 5.74) is 0.624. The van der Waals surface area contributed by atoms with Crippen LogP contribution in [0.5, 0.6) is 0 Å². The van der Waals surface area contributed by atoms with Crippen molar-refractivity contribution in [1.29, 1.82) is 0 Å². The lowest BCUT2D eigenvalue weighted by atomic mass is 10.1. The minimum atomic E-state index is -0.880. The van der Waals surface area contributed by atoms with Gasteiger partial charge in [-0.1, -0.05) is 23.7 Å². The summed E-state index contributed by atoms with van der Waals surface area (Å²) in [7, 11) is 0. The standard InChI is InChI=1S/C8H6BrClO2/c9-6-3-1-2-5(8(6)10)4-7(11)12/h1-3H,4H2,(H,11,12). The highest BCUT2D eigenvalue weighted by molar-refractivity contribution is 9.10. The Morgan fingerprint density at radius 2 is 2.25 bits per heavy atom. The highest BCUT2D eigenvalue weighted by Crippen LogP contribution is 2.26. The lowest BCUT2D eigenvalue weighted by Crippen LogP contribution is -2.00. The predicted octanol–water partition coefficient (Wildman–Crippen LogP) is 2.73. The molecule has 0 aliphatic rings. The van der Waals surface area contributed by atoms with Crippen molar-refractivity contribution in [3.8, 4) is 0 Å². The molecule has 1 aromatic carbocycles. The van der Waals surface area contributed by atoms with E-state index in [4.69, 9.17) is 16.7 Å². The van der Waals surface area contributed by atoms with Crippen LogP contribution in [0.3, 0.4) is 0 Å². The second-order valence-electron chi connectivity index (χ2n) is 2.28. The van der Waals surface area contributed by atoms with Crippen LogP contribution in [0.2, 0.25) is 5.02 Å². The molecule has 12 heavy (non-hydrogen) atoms. The molecule has 0 aromatic heterocycles. The van der Waals surface area contributed by atoms with Gasteiger partial charge in [-0.25, -0.2) is 0 Å². The number of halogens is 2. The predicted molar refractivity (Wildman–Crippen MR) is 50.5 cm³/mol. The number of rotatable bonds is 2. The third kappa shape index (κ3) is 2.22. The number of hydrogen-bond acceptors (Lipinski definition) is 1. The molecule has 2 nitrogen and oxygen atoms in total. The highest BCUT2D eigenvalue weighted by Gasteiger charge is 2.06. The number of carboxylic acids is 1. The van der Waals surface area contributed by atoms with E-state index in [0.29, 0.717) is 10.6 Å². The van der Waals surface area contributed by atoms with E-state index in [-0.39, 0.29) is 6.42 Å². The Hall–Kier alpha value is -0.540. The van der Waals surface area contributed by atoms with Crippen LogP contribution in [0.4, 0.5) is 0 Å². The Balaban J connectivity index is 3.00. The summed E-state index contributed by atoms with van der Waals surface area (Å²) in [5.74, 6) is -0.880. The van der Waals surface area contributed by atoms with Gasteiger partial charge in [0.1, 0.15) is 0 Å². The molecule has 0 aliphatic heterocycles. The smallest absolute Gasteiger partial charge is 0.307 e. The minimum absolute atomic E-state index is 0.0434. The SMILES string of the molecule is O=C(O)Cc1cccc(Br)c1Cl. The van der Waals surface area contributed by atoms with Gasteiger partial charge in [0.15, 0.2) is 0 Å². The summed E-state index contributed by atoms with van der Waals surface area (Å²) in [6, 6.07) is 5.23. The summed E-state index contributed by atoms with van der Waals surface area (Å²) in [6.45, 7) is 0. The molecule has 1 aromatic rings. The Morgan fingerprint density at radius 3 is 2.83 bits per heavy atom. The van der Waals surface area contributed by atoms with Crippen molar-refractivity contribution in [1.82, 2.24) is 0 Å². The van der Waals surface area contributed by atoms with Crippen molar-refractivity contribution in [2.75, 3.05) is 0 Å². The molecule has 0 unspecified atom stereocenters. The first-order chi connectivity index (χ1) is 5.61. The van der Waals surface area contributed by atoms with Crippen LogP contribution in [0.25, 0.3) is 0 Å². The van der Waals surface area contributed by atoms with Crippen molar-refractivity contribution in [2.45, 2.75) is 6.42 Å². The van der Waals surface area contributed by atoms with Crippen LogP contribution in [0, 0.1) is 0 Å². The molecule has 0 amide bonds. The van der Waals surface area contributed by atoms with Crippen molar-refractivity contribution in [2.24, 2.45) is 0 Å². The largest absolute Gasteiger partial charge is 0.481 e. The van der Waals surface area contributed by atoms with E-state index < -0.39 is 5.97 Å². The molecule has 1 N–H and O–H groups in total. The molecule has 1 rings (SSSR count). The van der Waals surface area contributed by atoms with E-state index in [1.54, 1.807) is 18.2 Å². The molecule has 0 saturated heterocycles. The van der Waals surface area contributed by atoms with Gasteiger partial charge >= 0.3 is 5.97 Å². The van der Waals surface area contributed by atoms with Crippen molar-refractivity contribution in [3.63, 3.8) is 0 Å². The molecule has 0 saturated carbocycles. The van der Waals surface area contributed by atoms with Crippen molar-refractivity contribution in [3.05, 3.63) is 33.3 Å². The summed E-state index contributed by atoms with van der Waals surface area (Å²) in [6.07, 6.45) is -0.0434. The molecule has 0 atom stereocenters. The number of carboxylic acid groups (broad SMARTS) is 1. The lowest BCUT2D eigenvalue weighted by Gasteiger charge is -2.01. The lowest BCUT2D eigenvalue weighted by molar-refractivity contribution is -0.136. The van der Waals surface area contributed by atoms with Gasteiger partial charge in [-0.2, -0.15) is 0 Å². The van der Waals surface area contributed by atoms with E-state index in [0.717, 1.165) is 4.47 Å². The van der Waals surface area contributed by atoms with Crippen molar-refractivity contribution >= 4 is 33.5 Å². The zero-order valence-corrected chi connectivity index (χ0v) is 8.39. The van der Waals surface area contributed by atoms with E-state index in [1.165, 1.54) is 0 Å². The van der Waals surface area contributed by atoms with Crippen LogP contribution in [0.1, 0.15) is 5.56 Å². The maximum absolute atomic E-state index is 10.4. The van der Waals surface area contributed by atoms with E-state index in [2.05, 4.69) is 15.9 Å². The first-order valence-corrected chi connectivity index (χ1v) is 4.43. The Labute approximate surface area is 83.3 Å². The summed E-state index contributed by atoms with van der Waals surface area (Å²) >= 11 is 9.04. The molecule has 0 heterocycles. The molecule has 4 heteroatoms. The monoisotopic (exact) mass is 248 g/mol. The first kappa shape index (κ1) is 9.55. The van der Waals surface area contributed by atoms with Crippen LogP contribution in [-0.2, 0) is 11.2 Å². The fourth-order valence-corrected chi connectivity index (χ4v) is 1.45. The zero-order valence-electron chi connectivity index (χ0n) is 6.05. The van der Waals surface area contributed by atoms with Crippen LogP contribution < -0.4 is 0 Å². The zero-order chi connectivity index (χ0) is 9.14. The number of benzene rings is 1. The molecular formula is C8H6BrClO2. The van der Waals surface area contributed by atoms with Gasteiger partial charge in [-0.15, -0.1) is 0 Å². The molecule has 0 bridgehead atoms. The normalized spacial score (nSPS) is 9.83. The van der Waals surface area contributed by atoms with Gasteiger partial charge in [-0.05, 0) is 27.6 Å². The maximum atomic E-state index is 10.4. The third-order valence-electron chi connectivity index (χ3n) is 1.37. The molecule has 0 fully saturated rings. The fraction of sp³-hybridized carbons (Fsp3) is 0.125. The molecule has 64 valence electrons. The van der Waals surface area contributed by atoms with Crippen molar-refractivity contribution < 1.29 is 9.90 Å². The van der Waals surface area contributed by atoms with Crippen LogP contribution >= 0.6 is 27.5 Å².